The Hall–Kier alpha value is -2.53. The molecule has 1 aliphatic heterocycles. The number of fused-ring (bicyclic) bond motifs is 1. The number of amides is 2. The average Bonchev–Trinajstić information content (AvgIpc) is 3.03. The minimum atomic E-state index is -3.98. The van der Waals surface area contributed by atoms with Crippen LogP contribution in [0.2, 0.25) is 0 Å². The highest BCUT2D eigenvalue weighted by molar-refractivity contribution is 7.92. The monoisotopic (exact) mass is 495 g/mol. The van der Waals surface area contributed by atoms with Gasteiger partial charge >= 0.3 is 5.97 Å². The van der Waals surface area contributed by atoms with E-state index in [-0.39, 0.29) is 24.0 Å². The highest BCUT2D eigenvalue weighted by atomic mass is 32.2. The molecule has 2 amide bonds. The fourth-order valence-corrected chi connectivity index (χ4v) is 6.10. The lowest BCUT2D eigenvalue weighted by Crippen LogP contribution is -2.45. The van der Waals surface area contributed by atoms with Crippen LogP contribution in [-0.2, 0) is 35.5 Å². The minimum absolute atomic E-state index is 0.00863. The van der Waals surface area contributed by atoms with E-state index >= 15 is 0 Å². The van der Waals surface area contributed by atoms with Crippen molar-refractivity contribution in [1.29, 1.82) is 0 Å². The quantitative estimate of drug-likeness (QED) is 0.541. The molecule has 180 valence electrons. The summed E-state index contributed by atoms with van der Waals surface area (Å²) >= 11 is 1.19. The predicted molar refractivity (Wildman–Crippen MR) is 125 cm³/mol. The van der Waals surface area contributed by atoms with Gasteiger partial charge < -0.3 is 14.2 Å². The van der Waals surface area contributed by atoms with Gasteiger partial charge in [0.1, 0.15) is 18.1 Å². The number of ether oxygens (including phenoxy) is 1. The Morgan fingerprint density at radius 1 is 1.21 bits per heavy atom. The number of benzene rings is 1. The van der Waals surface area contributed by atoms with Gasteiger partial charge in [0.25, 0.3) is 5.91 Å². The Balaban J connectivity index is 1.83. The molecule has 33 heavy (non-hydrogen) atoms. The van der Waals surface area contributed by atoms with Crippen LogP contribution < -0.4 is 4.80 Å². The average molecular weight is 496 g/mol. The fraction of sp³-hybridized carbons (Fsp3) is 0.545. The summed E-state index contributed by atoms with van der Waals surface area (Å²) in [6.45, 7) is 6.11. The molecule has 1 aromatic heterocycles. The topological polar surface area (TPSA) is 115 Å². The molecule has 0 radical (unpaired) electrons. The lowest BCUT2D eigenvalue weighted by Gasteiger charge is -2.33. The van der Waals surface area contributed by atoms with Crippen molar-refractivity contribution in [2.45, 2.75) is 52.6 Å². The number of hydrogen-bond donors (Lipinski definition) is 0. The summed E-state index contributed by atoms with van der Waals surface area (Å²) in [6, 6.07) is 5.59. The molecular weight excluding hydrogens is 466 g/mol. The smallest absolute Gasteiger partial charge is 0.326 e. The van der Waals surface area contributed by atoms with Crippen LogP contribution in [0.25, 0.3) is 10.2 Å². The number of carbonyl (C=O) groups excluding carboxylic acids is 3. The number of piperidine rings is 1. The number of sulfone groups is 1. The van der Waals surface area contributed by atoms with Crippen molar-refractivity contribution >= 4 is 49.2 Å². The van der Waals surface area contributed by atoms with E-state index in [2.05, 4.69) is 4.99 Å². The summed E-state index contributed by atoms with van der Waals surface area (Å²) in [6.07, 6.45) is 2.69. The Labute approximate surface area is 197 Å². The SMILES string of the molecule is CCOC(=O)Cn1c(=NC(=O)CS(=O)(=O)CC(=O)N2CCCCC2C)sc2cc(C)ccc21. The van der Waals surface area contributed by atoms with Crippen molar-refractivity contribution in [3.8, 4) is 0 Å². The van der Waals surface area contributed by atoms with Crippen LogP contribution in [-0.4, -0.2) is 66.4 Å². The van der Waals surface area contributed by atoms with Gasteiger partial charge in [-0.1, -0.05) is 17.4 Å². The van der Waals surface area contributed by atoms with Crippen molar-refractivity contribution in [3.05, 3.63) is 28.6 Å². The van der Waals surface area contributed by atoms with E-state index in [9.17, 15) is 22.8 Å². The second-order valence-corrected chi connectivity index (χ2v) is 11.3. The van der Waals surface area contributed by atoms with E-state index in [0.717, 1.165) is 29.5 Å². The summed E-state index contributed by atoms with van der Waals surface area (Å²) < 4.78 is 32.5. The van der Waals surface area contributed by atoms with E-state index in [1.54, 1.807) is 16.4 Å². The Bertz CT molecular complexity index is 1230. The number of nitrogens with zero attached hydrogens (tertiary/aromatic N) is 3. The molecule has 2 aromatic rings. The molecule has 1 aromatic carbocycles. The molecule has 0 spiro atoms. The highest BCUT2D eigenvalue weighted by Crippen LogP contribution is 2.19. The van der Waals surface area contributed by atoms with E-state index in [1.165, 1.54) is 11.3 Å². The minimum Gasteiger partial charge on any atom is -0.465 e. The first-order valence-corrected chi connectivity index (χ1v) is 13.6. The number of likely N-dealkylation sites (tertiary alicyclic amines) is 1. The van der Waals surface area contributed by atoms with Gasteiger partial charge in [-0.3, -0.25) is 14.4 Å². The van der Waals surface area contributed by atoms with Crippen molar-refractivity contribution in [1.82, 2.24) is 9.47 Å². The highest BCUT2D eigenvalue weighted by Gasteiger charge is 2.28. The molecule has 0 saturated carbocycles. The van der Waals surface area contributed by atoms with Crippen LogP contribution in [0.3, 0.4) is 0 Å². The molecule has 1 atom stereocenters. The van der Waals surface area contributed by atoms with Gasteiger partial charge in [0.05, 0.1) is 16.8 Å². The normalized spacial score (nSPS) is 17.4. The Morgan fingerprint density at radius 3 is 2.67 bits per heavy atom. The van der Waals surface area contributed by atoms with E-state index in [1.807, 2.05) is 32.0 Å². The van der Waals surface area contributed by atoms with Gasteiger partial charge in [-0.05, 0) is 57.7 Å². The first-order chi connectivity index (χ1) is 15.6. The van der Waals surface area contributed by atoms with Crippen LogP contribution >= 0.6 is 11.3 Å². The number of rotatable bonds is 7. The van der Waals surface area contributed by atoms with Crippen LogP contribution in [0.5, 0.6) is 0 Å². The van der Waals surface area contributed by atoms with Crippen molar-refractivity contribution in [3.63, 3.8) is 0 Å². The summed E-state index contributed by atoms with van der Waals surface area (Å²) in [4.78, 5) is 42.9. The van der Waals surface area contributed by atoms with Crippen molar-refractivity contribution < 1.29 is 27.5 Å². The third-order valence-corrected chi connectivity index (χ3v) is 7.88. The molecule has 2 heterocycles. The molecule has 1 fully saturated rings. The molecule has 3 rings (SSSR count). The zero-order valence-corrected chi connectivity index (χ0v) is 20.7. The molecule has 1 saturated heterocycles. The standard InChI is InChI=1S/C22H29N3O6S2/c1-4-31-21(28)12-25-17-9-8-15(2)11-18(17)32-22(25)23-19(26)13-33(29,30)14-20(27)24-10-6-5-7-16(24)3/h8-9,11,16H,4-7,10,12-14H2,1-3H3. The summed E-state index contributed by atoms with van der Waals surface area (Å²) in [5, 5.41) is 0. The largest absolute Gasteiger partial charge is 0.465 e. The molecule has 11 heteroatoms. The summed E-state index contributed by atoms with van der Waals surface area (Å²) in [7, 11) is -3.98. The van der Waals surface area contributed by atoms with Crippen molar-refractivity contribution in [2.75, 3.05) is 24.7 Å². The van der Waals surface area contributed by atoms with Crippen LogP contribution in [0.1, 0.15) is 38.7 Å². The summed E-state index contributed by atoms with van der Waals surface area (Å²) in [5.74, 6) is -3.43. The second kappa shape index (κ2) is 10.6. The first-order valence-electron chi connectivity index (χ1n) is 10.9. The third-order valence-electron chi connectivity index (χ3n) is 5.46. The maximum absolute atomic E-state index is 12.6. The number of carbonyl (C=O) groups is 3. The van der Waals surface area contributed by atoms with Crippen LogP contribution in [0.4, 0.5) is 0 Å². The number of hydrogen-bond acceptors (Lipinski definition) is 7. The Kier molecular flexibility index (Phi) is 8.06. The molecule has 0 aliphatic carbocycles. The molecule has 1 aliphatic rings. The number of thiazole rings is 1. The molecule has 0 N–H and O–H groups in total. The van der Waals surface area contributed by atoms with Crippen LogP contribution in [0, 0.1) is 6.92 Å². The van der Waals surface area contributed by atoms with Gasteiger partial charge in [0.15, 0.2) is 14.6 Å². The lowest BCUT2D eigenvalue weighted by atomic mass is 10.0. The van der Waals surface area contributed by atoms with Gasteiger partial charge in [0, 0.05) is 12.6 Å². The van der Waals surface area contributed by atoms with E-state index in [0.29, 0.717) is 12.1 Å². The second-order valence-electron chi connectivity index (χ2n) is 8.22. The van der Waals surface area contributed by atoms with Gasteiger partial charge in [-0.2, -0.15) is 4.99 Å². The number of aromatic nitrogens is 1. The molecule has 1 unspecified atom stereocenters. The van der Waals surface area contributed by atoms with Gasteiger partial charge in [0.2, 0.25) is 5.91 Å². The molecular formula is C22H29N3O6S2. The van der Waals surface area contributed by atoms with Gasteiger partial charge in [-0.25, -0.2) is 8.42 Å². The predicted octanol–water partition coefficient (Wildman–Crippen LogP) is 1.82. The van der Waals surface area contributed by atoms with Gasteiger partial charge in [-0.15, -0.1) is 0 Å². The zero-order valence-electron chi connectivity index (χ0n) is 19.1. The number of esters is 1. The van der Waals surface area contributed by atoms with Crippen LogP contribution in [0.15, 0.2) is 23.2 Å². The Morgan fingerprint density at radius 2 is 1.97 bits per heavy atom. The fourth-order valence-electron chi connectivity index (χ4n) is 3.87. The molecule has 0 bridgehead atoms. The maximum Gasteiger partial charge on any atom is 0.326 e. The zero-order chi connectivity index (χ0) is 24.2. The van der Waals surface area contributed by atoms with E-state index in [4.69, 9.17) is 4.74 Å². The number of aryl methyl sites for hydroxylation is 1. The van der Waals surface area contributed by atoms with Crippen molar-refractivity contribution in [2.24, 2.45) is 4.99 Å². The third kappa shape index (κ3) is 6.50. The van der Waals surface area contributed by atoms with E-state index < -0.39 is 39.1 Å². The first kappa shape index (κ1) is 25.1. The molecule has 9 nitrogen and oxygen atoms in total. The summed E-state index contributed by atoms with van der Waals surface area (Å²) in [5.41, 5.74) is 1.69. The maximum atomic E-state index is 12.6. The lowest BCUT2D eigenvalue weighted by molar-refractivity contribution is -0.143.